The number of nitrogens with zero attached hydrogens (tertiary/aromatic N) is 2. The number of carboxylic acid groups (broad SMARTS) is 1. The molecule has 0 saturated carbocycles. The van der Waals surface area contributed by atoms with Crippen LogP contribution in [0.2, 0.25) is 5.02 Å². The van der Waals surface area contributed by atoms with Crippen molar-refractivity contribution in [2.45, 2.75) is 51.6 Å². The lowest BCUT2D eigenvalue weighted by atomic mass is 10.0. The first kappa shape index (κ1) is 40.9. The van der Waals surface area contributed by atoms with E-state index in [0.29, 0.717) is 58.8 Å². The molecule has 0 aliphatic carbocycles. The molecule has 0 bridgehead atoms. The number of nitrogens with one attached hydrogen (secondary N) is 2. The van der Waals surface area contributed by atoms with E-state index in [4.69, 9.17) is 35.2 Å². The second-order valence-electron chi connectivity index (χ2n) is 12.4. The van der Waals surface area contributed by atoms with E-state index in [-0.39, 0.29) is 55.7 Å². The first-order chi connectivity index (χ1) is 26.7. The van der Waals surface area contributed by atoms with Crippen molar-refractivity contribution in [1.29, 1.82) is 0 Å². The standard InChI is InChI=1S/C39H42ClFN4O10/c1-2-51-39(50)34(21-47)42-12-5-13-52-29-8-3-6-25(15-29)30-9-4-7-26(38(30)41)23-54-36-18-35(53-22-24-10-11-32-33(14-24)45-55-44-32)27(16-31(36)40)19-43-28(20-46)17-37(48)49/h3-4,6-11,14-16,18,28,34,42-43,46-47H,2,5,12-13,17,19-23H2,1H3,(H,48,49). The number of carbonyl (C=O) groups excluding carboxylic acids is 1. The Hall–Kier alpha value is -5.32. The van der Waals surface area contributed by atoms with E-state index in [2.05, 4.69) is 20.9 Å². The largest absolute Gasteiger partial charge is 0.494 e. The SMILES string of the molecule is CCOC(=O)C(CO)NCCCOc1cccc(-c2cccc(COc3cc(OCc4ccc5nonc5c4)c(CNC(CO)CC(=O)O)cc3Cl)c2F)c1. The summed E-state index contributed by atoms with van der Waals surface area (Å²) >= 11 is 6.65. The second-order valence-corrected chi connectivity index (χ2v) is 12.8. The van der Waals surface area contributed by atoms with Gasteiger partial charge in [-0.2, -0.15) is 0 Å². The molecule has 14 nitrogen and oxygen atoms in total. The van der Waals surface area contributed by atoms with E-state index >= 15 is 4.39 Å². The van der Waals surface area contributed by atoms with Crippen LogP contribution in [0.3, 0.4) is 0 Å². The minimum atomic E-state index is -1.06. The number of aliphatic hydroxyl groups is 2. The van der Waals surface area contributed by atoms with Crippen LogP contribution >= 0.6 is 11.6 Å². The molecule has 0 fully saturated rings. The Morgan fingerprint density at radius 1 is 0.891 bits per heavy atom. The molecule has 0 aliphatic rings. The molecular formula is C39H42ClFN4O10. The van der Waals surface area contributed by atoms with Gasteiger partial charge in [-0.3, -0.25) is 9.59 Å². The molecule has 16 heteroatoms. The quantitative estimate of drug-likeness (QED) is 0.0463. The van der Waals surface area contributed by atoms with Gasteiger partial charge in [-0.25, -0.2) is 9.02 Å². The topological polar surface area (TPSA) is 195 Å². The van der Waals surface area contributed by atoms with Gasteiger partial charge in [0.25, 0.3) is 0 Å². The smallest absolute Gasteiger partial charge is 0.325 e. The van der Waals surface area contributed by atoms with Gasteiger partial charge in [0.2, 0.25) is 0 Å². The number of aromatic nitrogens is 2. The first-order valence-electron chi connectivity index (χ1n) is 17.6. The fourth-order valence-corrected chi connectivity index (χ4v) is 5.77. The van der Waals surface area contributed by atoms with Gasteiger partial charge in [0.1, 0.15) is 53.4 Å². The maximum Gasteiger partial charge on any atom is 0.325 e. The summed E-state index contributed by atoms with van der Waals surface area (Å²) in [6.07, 6.45) is 0.248. The zero-order valence-electron chi connectivity index (χ0n) is 30.0. The van der Waals surface area contributed by atoms with E-state index in [9.17, 15) is 24.9 Å². The summed E-state index contributed by atoms with van der Waals surface area (Å²) in [6.45, 7) is 1.94. The molecule has 5 N–H and O–H groups in total. The van der Waals surface area contributed by atoms with E-state index in [0.717, 1.165) is 5.56 Å². The lowest BCUT2D eigenvalue weighted by Crippen LogP contribution is -2.41. The van der Waals surface area contributed by atoms with Crippen LogP contribution in [-0.2, 0) is 34.1 Å². The lowest BCUT2D eigenvalue weighted by Gasteiger charge is -2.19. The predicted octanol–water partition coefficient (Wildman–Crippen LogP) is 5.05. The lowest BCUT2D eigenvalue weighted by molar-refractivity contribution is -0.146. The van der Waals surface area contributed by atoms with Crippen LogP contribution in [0.5, 0.6) is 17.2 Å². The number of hydrogen-bond donors (Lipinski definition) is 5. The van der Waals surface area contributed by atoms with Crippen LogP contribution < -0.4 is 24.8 Å². The van der Waals surface area contributed by atoms with E-state index in [1.165, 1.54) is 0 Å². The number of carbonyl (C=O) groups is 2. The van der Waals surface area contributed by atoms with E-state index < -0.39 is 36.4 Å². The highest BCUT2D eigenvalue weighted by Crippen LogP contribution is 2.35. The van der Waals surface area contributed by atoms with Crippen molar-refractivity contribution < 1.29 is 52.9 Å². The fourth-order valence-electron chi connectivity index (χ4n) is 5.53. The molecule has 1 aromatic heterocycles. The minimum Gasteiger partial charge on any atom is -0.494 e. The van der Waals surface area contributed by atoms with Crippen molar-refractivity contribution in [3.63, 3.8) is 0 Å². The monoisotopic (exact) mass is 780 g/mol. The third kappa shape index (κ3) is 11.6. The minimum absolute atomic E-state index is 0.116. The van der Waals surface area contributed by atoms with E-state index in [1.807, 2.05) is 6.07 Å². The highest BCUT2D eigenvalue weighted by Gasteiger charge is 2.19. The number of halogens is 2. The first-order valence-corrected chi connectivity index (χ1v) is 17.9. The van der Waals surface area contributed by atoms with Crippen LogP contribution in [0.4, 0.5) is 4.39 Å². The molecule has 5 aromatic rings. The average molecular weight is 781 g/mol. The zero-order valence-corrected chi connectivity index (χ0v) is 30.8. The molecule has 0 radical (unpaired) electrons. The summed E-state index contributed by atoms with van der Waals surface area (Å²) in [7, 11) is 0. The molecule has 0 amide bonds. The molecule has 0 aliphatic heterocycles. The number of fused-ring (bicyclic) bond motifs is 1. The molecule has 4 aromatic carbocycles. The Balaban J connectivity index is 1.26. The number of esters is 1. The van der Waals surface area contributed by atoms with Crippen LogP contribution in [0, 0.1) is 5.82 Å². The third-order valence-electron chi connectivity index (χ3n) is 8.39. The number of benzene rings is 4. The summed E-state index contributed by atoms with van der Waals surface area (Å²) in [6, 6.07) is 19.0. The molecule has 292 valence electrons. The van der Waals surface area contributed by atoms with Gasteiger partial charge in [0, 0.05) is 35.3 Å². The fraction of sp³-hybridized carbons (Fsp3) is 0.333. The van der Waals surface area contributed by atoms with Gasteiger partial charge in [-0.1, -0.05) is 48.0 Å². The number of hydrogen-bond acceptors (Lipinski definition) is 13. The third-order valence-corrected chi connectivity index (χ3v) is 8.69. The predicted molar refractivity (Wildman–Crippen MR) is 199 cm³/mol. The summed E-state index contributed by atoms with van der Waals surface area (Å²) < 4.78 is 43.8. The number of carboxylic acids is 1. The normalized spacial score (nSPS) is 12.3. The Morgan fingerprint density at radius 2 is 1.69 bits per heavy atom. The maximum absolute atomic E-state index is 16.0. The molecule has 5 rings (SSSR count). The number of rotatable bonds is 22. The van der Waals surface area contributed by atoms with Crippen molar-refractivity contribution in [2.24, 2.45) is 0 Å². The maximum atomic E-state index is 16.0. The second kappa shape index (κ2) is 20.4. The van der Waals surface area contributed by atoms with Gasteiger partial charge >= 0.3 is 11.9 Å². The van der Waals surface area contributed by atoms with Gasteiger partial charge in [-0.15, -0.1) is 0 Å². The summed E-state index contributed by atoms with van der Waals surface area (Å²) in [4.78, 5) is 23.1. The van der Waals surface area contributed by atoms with Crippen molar-refractivity contribution in [3.05, 3.63) is 100 Å². The molecule has 2 unspecified atom stereocenters. The Kier molecular flexibility index (Phi) is 15.1. The van der Waals surface area contributed by atoms with Crippen LogP contribution in [0.1, 0.15) is 36.5 Å². The van der Waals surface area contributed by atoms with Crippen LogP contribution in [-0.4, -0.2) is 82.6 Å². The Bertz CT molecular complexity index is 2050. The number of ether oxygens (including phenoxy) is 4. The molecule has 2 atom stereocenters. The molecule has 0 saturated heterocycles. The van der Waals surface area contributed by atoms with Crippen molar-refractivity contribution in [2.75, 3.05) is 33.0 Å². The van der Waals surface area contributed by atoms with Crippen molar-refractivity contribution in [3.8, 4) is 28.4 Å². The Morgan fingerprint density at radius 3 is 2.47 bits per heavy atom. The summed E-state index contributed by atoms with van der Waals surface area (Å²) in [5, 5.41) is 42.1. The average Bonchev–Trinajstić information content (AvgIpc) is 3.65. The molecular weight excluding hydrogens is 739 g/mol. The van der Waals surface area contributed by atoms with E-state index in [1.54, 1.807) is 73.7 Å². The highest BCUT2D eigenvalue weighted by atomic mass is 35.5. The molecule has 0 spiro atoms. The van der Waals surface area contributed by atoms with Crippen molar-refractivity contribution in [1.82, 2.24) is 20.9 Å². The van der Waals surface area contributed by atoms with Gasteiger partial charge in [0.15, 0.2) is 0 Å². The number of aliphatic hydroxyl groups excluding tert-OH is 2. The van der Waals surface area contributed by atoms with Gasteiger partial charge in [0.05, 0.1) is 37.9 Å². The van der Waals surface area contributed by atoms with Gasteiger partial charge < -0.3 is 44.9 Å². The Labute approximate surface area is 321 Å². The zero-order chi connectivity index (χ0) is 39.2. The summed E-state index contributed by atoms with van der Waals surface area (Å²) in [5.41, 5.74) is 3.69. The molecule has 1 heterocycles. The highest BCUT2D eigenvalue weighted by molar-refractivity contribution is 6.32. The van der Waals surface area contributed by atoms with Crippen molar-refractivity contribution >= 4 is 34.6 Å². The van der Waals surface area contributed by atoms with Crippen LogP contribution in [0.25, 0.3) is 22.2 Å². The van der Waals surface area contributed by atoms with Gasteiger partial charge in [-0.05, 0) is 71.7 Å². The summed E-state index contributed by atoms with van der Waals surface area (Å²) in [5.74, 6) is -0.946. The van der Waals surface area contributed by atoms with Crippen LogP contribution in [0.15, 0.2) is 77.4 Å². The number of aliphatic carboxylic acids is 1. The molecule has 55 heavy (non-hydrogen) atoms.